The topological polar surface area (TPSA) is 69.1 Å². The molecule has 0 aliphatic heterocycles. The Morgan fingerprint density at radius 3 is 3.09 bits per heavy atom. The van der Waals surface area contributed by atoms with Gasteiger partial charge in [-0.3, -0.25) is 4.40 Å². The molecule has 0 radical (unpaired) electrons. The first-order valence-electron chi connectivity index (χ1n) is 3.20. The van der Waals surface area contributed by atoms with Crippen LogP contribution >= 0.6 is 0 Å². The van der Waals surface area contributed by atoms with E-state index in [2.05, 4.69) is 15.2 Å². The predicted octanol–water partition coefficient (Wildman–Crippen LogP) is 0.0149. The summed E-state index contributed by atoms with van der Waals surface area (Å²) in [5.74, 6) is 0.368. The maximum atomic E-state index is 5.48. The molecule has 0 atom stereocenters. The highest BCUT2D eigenvalue weighted by atomic mass is 15.3. The highest BCUT2D eigenvalue weighted by Gasteiger charge is 1.99. The molecular weight excluding hydrogens is 142 g/mol. The second-order valence-electron chi connectivity index (χ2n) is 2.32. The maximum Gasteiger partial charge on any atom is 0.227 e. The van der Waals surface area contributed by atoms with Crippen molar-refractivity contribution >= 4 is 11.6 Å². The molecule has 5 nitrogen and oxygen atoms in total. The molecule has 2 heterocycles. The van der Waals surface area contributed by atoms with E-state index in [0.717, 1.165) is 11.3 Å². The Hall–Kier alpha value is -1.65. The van der Waals surface area contributed by atoms with Crippen molar-refractivity contribution in [3.05, 3.63) is 18.1 Å². The third-order valence-corrected chi connectivity index (χ3v) is 1.46. The molecule has 5 heteroatoms. The van der Waals surface area contributed by atoms with Crippen LogP contribution in [0.1, 0.15) is 5.69 Å². The predicted molar refractivity (Wildman–Crippen MR) is 39.9 cm³/mol. The first-order valence-corrected chi connectivity index (χ1v) is 3.20. The molecule has 2 aromatic heterocycles. The summed E-state index contributed by atoms with van der Waals surface area (Å²) in [5.41, 5.74) is 7.11. The van der Waals surface area contributed by atoms with Crippen molar-refractivity contribution in [2.75, 3.05) is 5.73 Å². The van der Waals surface area contributed by atoms with Gasteiger partial charge in [0.1, 0.15) is 6.33 Å². The summed E-state index contributed by atoms with van der Waals surface area (Å²) >= 11 is 0. The van der Waals surface area contributed by atoms with E-state index in [-0.39, 0.29) is 0 Å². The van der Waals surface area contributed by atoms with Crippen LogP contribution in [0.2, 0.25) is 0 Å². The number of nitrogens with zero attached hydrogens (tertiary/aromatic N) is 4. The first-order chi connectivity index (χ1) is 5.27. The van der Waals surface area contributed by atoms with E-state index in [9.17, 15) is 0 Å². The SMILES string of the molecule is Cc1cc2nnc(N)n2cn1. The van der Waals surface area contributed by atoms with Crippen LogP contribution in [0.5, 0.6) is 0 Å². The average molecular weight is 149 g/mol. The average Bonchev–Trinajstić information content (AvgIpc) is 2.32. The number of aryl methyl sites for hydroxylation is 1. The summed E-state index contributed by atoms with van der Waals surface area (Å²) in [7, 11) is 0. The Labute approximate surface area is 62.9 Å². The molecule has 0 fully saturated rings. The Bertz CT molecular complexity index is 391. The Kier molecular flexibility index (Phi) is 1.06. The van der Waals surface area contributed by atoms with Crippen LogP contribution in [-0.2, 0) is 0 Å². The van der Waals surface area contributed by atoms with Crippen LogP contribution in [0.4, 0.5) is 5.95 Å². The number of hydrogen-bond acceptors (Lipinski definition) is 4. The summed E-state index contributed by atoms with van der Waals surface area (Å²) in [5, 5.41) is 7.51. The lowest BCUT2D eigenvalue weighted by molar-refractivity contribution is 1.05. The zero-order valence-corrected chi connectivity index (χ0v) is 6.02. The van der Waals surface area contributed by atoms with Crippen LogP contribution in [0.25, 0.3) is 5.65 Å². The molecule has 56 valence electrons. The lowest BCUT2D eigenvalue weighted by atomic mass is 10.4. The van der Waals surface area contributed by atoms with Crippen molar-refractivity contribution in [2.45, 2.75) is 6.92 Å². The van der Waals surface area contributed by atoms with E-state index in [1.165, 1.54) is 0 Å². The molecule has 2 aromatic rings. The highest BCUT2D eigenvalue weighted by molar-refractivity contribution is 5.42. The molecule has 0 aliphatic carbocycles. The van der Waals surface area contributed by atoms with E-state index < -0.39 is 0 Å². The summed E-state index contributed by atoms with van der Waals surface area (Å²) in [6.45, 7) is 1.89. The molecular formula is C6H7N5. The fraction of sp³-hybridized carbons (Fsp3) is 0.167. The van der Waals surface area contributed by atoms with Gasteiger partial charge in [-0.15, -0.1) is 10.2 Å². The smallest absolute Gasteiger partial charge is 0.227 e. The largest absolute Gasteiger partial charge is 0.368 e. The van der Waals surface area contributed by atoms with Crippen molar-refractivity contribution in [1.82, 2.24) is 19.6 Å². The minimum atomic E-state index is 0.368. The number of aromatic nitrogens is 4. The van der Waals surface area contributed by atoms with Gasteiger partial charge < -0.3 is 5.73 Å². The summed E-state index contributed by atoms with van der Waals surface area (Å²) < 4.78 is 1.63. The molecule has 2 N–H and O–H groups in total. The van der Waals surface area contributed by atoms with Crippen molar-refractivity contribution in [3.8, 4) is 0 Å². The van der Waals surface area contributed by atoms with E-state index in [0.29, 0.717) is 5.95 Å². The van der Waals surface area contributed by atoms with E-state index >= 15 is 0 Å². The van der Waals surface area contributed by atoms with Crippen LogP contribution < -0.4 is 5.73 Å². The fourth-order valence-electron chi connectivity index (χ4n) is 0.906. The van der Waals surface area contributed by atoms with Crippen molar-refractivity contribution in [3.63, 3.8) is 0 Å². The molecule has 0 amide bonds. The van der Waals surface area contributed by atoms with E-state index in [4.69, 9.17) is 5.73 Å². The number of anilines is 1. The lowest BCUT2D eigenvalue weighted by Gasteiger charge is -1.92. The first kappa shape index (κ1) is 6.09. The van der Waals surface area contributed by atoms with Crippen molar-refractivity contribution in [2.24, 2.45) is 0 Å². The minimum absolute atomic E-state index is 0.368. The van der Waals surface area contributed by atoms with Crippen LogP contribution in [-0.4, -0.2) is 19.6 Å². The Morgan fingerprint density at radius 1 is 1.45 bits per heavy atom. The van der Waals surface area contributed by atoms with E-state index in [1.54, 1.807) is 10.7 Å². The Morgan fingerprint density at radius 2 is 2.27 bits per heavy atom. The molecule has 0 saturated heterocycles. The molecule has 2 rings (SSSR count). The zero-order valence-electron chi connectivity index (χ0n) is 6.02. The van der Waals surface area contributed by atoms with E-state index in [1.807, 2.05) is 13.0 Å². The molecule has 0 unspecified atom stereocenters. The van der Waals surface area contributed by atoms with Gasteiger partial charge in [0, 0.05) is 11.8 Å². The lowest BCUT2D eigenvalue weighted by Crippen LogP contribution is -1.95. The standard InChI is InChI=1S/C6H7N5/c1-4-2-5-9-10-6(7)11(5)3-8-4/h2-3H,1H3,(H2,7,10). The number of fused-ring (bicyclic) bond motifs is 1. The summed E-state index contributed by atoms with van der Waals surface area (Å²) in [6, 6.07) is 1.82. The van der Waals surface area contributed by atoms with Gasteiger partial charge in [0.05, 0.1) is 0 Å². The van der Waals surface area contributed by atoms with Gasteiger partial charge in [0.25, 0.3) is 0 Å². The summed E-state index contributed by atoms with van der Waals surface area (Å²) in [4.78, 5) is 4.04. The quantitative estimate of drug-likeness (QED) is 0.573. The van der Waals surface area contributed by atoms with Gasteiger partial charge in [-0.2, -0.15) is 0 Å². The van der Waals surface area contributed by atoms with Gasteiger partial charge in [0.15, 0.2) is 5.65 Å². The third-order valence-electron chi connectivity index (χ3n) is 1.46. The molecule has 0 spiro atoms. The maximum absolute atomic E-state index is 5.48. The number of nitrogen functional groups attached to an aromatic ring is 1. The molecule has 0 saturated carbocycles. The molecule has 0 aliphatic rings. The third kappa shape index (κ3) is 0.813. The number of hydrogen-bond donors (Lipinski definition) is 1. The van der Waals surface area contributed by atoms with Crippen molar-refractivity contribution < 1.29 is 0 Å². The number of nitrogens with two attached hydrogens (primary N) is 1. The van der Waals surface area contributed by atoms with Crippen molar-refractivity contribution in [1.29, 1.82) is 0 Å². The van der Waals surface area contributed by atoms with Crippen LogP contribution in [0.3, 0.4) is 0 Å². The van der Waals surface area contributed by atoms with Gasteiger partial charge in [0.2, 0.25) is 5.95 Å². The normalized spacial score (nSPS) is 10.6. The molecule has 0 aromatic carbocycles. The van der Waals surface area contributed by atoms with Gasteiger partial charge in [-0.1, -0.05) is 0 Å². The van der Waals surface area contributed by atoms with Gasteiger partial charge in [-0.05, 0) is 6.92 Å². The Balaban J connectivity index is 2.86. The monoisotopic (exact) mass is 149 g/mol. The second kappa shape index (κ2) is 1.91. The highest BCUT2D eigenvalue weighted by Crippen LogP contribution is 2.03. The molecule has 0 bridgehead atoms. The van der Waals surface area contributed by atoms with Gasteiger partial charge in [-0.25, -0.2) is 4.98 Å². The summed E-state index contributed by atoms with van der Waals surface area (Å²) in [6.07, 6.45) is 1.61. The number of rotatable bonds is 0. The zero-order chi connectivity index (χ0) is 7.84. The van der Waals surface area contributed by atoms with Crippen LogP contribution in [0, 0.1) is 6.92 Å². The molecule has 11 heavy (non-hydrogen) atoms. The minimum Gasteiger partial charge on any atom is -0.368 e. The van der Waals surface area contributed by atoms with Gasteiger partial charge >= 0.3 is 0 Å². The fourth-order valence-corrected chi connectivity index (χ4v) is 0.906. The van der Waals surface area contributed by atoms with Crippen LogP contribution in [0.15, 0.2) is 12.4 Å². The second-order valence-corrected chi connectivity index (χ2v) is 2.32.